The van der Waals surface area contributed by atoms with E-state index in [4.69, 9.17) is 14.9 Å². The molecule has 1 aromatic rings. The quantitative estimate of drug-likeness (QED) is 0.573. The molecule has 2 atom stereocenters. The molecule has 0 saturated heterocycles. The Hall–Kier alpha value is -1.14. The van der Waals surface area contributed by atoms with Crippen LogP contribution in [0.2, 0.25) is 0 Å². The summed E-state index contributed by atoms with van der Waals surface area (Å²) in [5.41, 5.74) is 1.15. The van der Waals surface area contributed by atoms with Gasteiger partial charge < -0.3 is 20.1 Å². The summed E-state index contributed by atoms with van der Waals surface area (Å²) >= 11 is 0. The normalized spacial score (nSPS) is 14.1. The van der Waals surface area contributed by atoms with Crippen molar-refractivity contribution in [2.45, 2.75) is 32.3 Å². The zero-order chi connectivity index (χ0) is 16.4. The number of benzene rings is 1. The average molecular weight is 311 g/mol. The predicted molar refractivity (Wildman–Crippen MR) is 87.3 cm³/mol. The summed E-state index contributed by atoms with van der Waals surface area (Å²) in [6.45, 7) is 5.73. The monoisotopic (exact) mass is 311 g/mol. The highest BCUT2D eigenvalue weighted by Crippen LogP contribution is 2.28. The van der Waals surface area contributed by atoms with Gasteiger partial charge in [-0.2, -0.15) is 0 Å². The van der Waals surface area contributed by atoms with Gasteiger partial charge in [-0.1, -0.05) is 32.0 Å². The molecule has 0 radical (unpaired) electrons. The van der Waals surface area contributed by atoms with Gasteiger partial charge in [0.15, 0.2) is 0 Å². The van der Waals surface area contributed by atoms with Gasteiger partial charge in [0, 0.05) is 19.6 Å². The van der Waals surface area contributed by atoms with Crippen molar-refractivity contribution in [2.24, 2.45) is 0 Å². The molecule has 0 saturated carbocycles. The summed E-state index contributed by atoms with van der Waals surface area (Å²) in [4.78, 5) is 1.81. The van der Waals surface area contributed by atoms with Gasteiger partial charge in [0.25, 0.3) is 0 Å². The van der Waals surface area contributed by atoms with E-state index in [2.05, 4.69) is 19.9 Å². The van der Waals surface area contributed by atoms with Crippen molar-refractivity contribution in [3.63, 3.8) is 0 Å². The number of aliphatic hydroxyl groups is 3. The van der Waals surface area contributed by atoms with Crippen LogP contribution in [0.25, 0.3) is 0 Å². The Morgan fingerprint density at radius 1 is 1.14 bits per heavy atom. The largest absolute Gasteiger partial charge is 0.491 e. The fourth-order valence-corrected chi connectivity index (χ4v) is 2.35. The van der Waals surface area contributed by atoms with E-state index in [0.29, 0.717) is 25.6 Å². The number of hydrogen-bond donors (Lipinski definition) is 3. The minimum Gasteiger partial charge on any atom is -0.491 e. The molecule has 0 amide bonds. The van der Waals surface area contributed by atoms with E-state index in [1.807, 2.05) is 23.1 Å². The third kappa shape index (κ3) is 6.32. The summed E-state index contributed by atoms with van der Waals surface area (Å²) in [5, 5.41) is 28.0. The smallest absolute Gasteiger partial charge is 0.122 e. The summed E-state index contributed by atoms with van der Waals surface area (Å²) in [6, 6.07) is 7.90. The molecule has 126 valence electrons. The van der Waals surface area contributed by atoms with Crippen molar-refractivity contribution >= 4 is 0 Å². The van der Waals surface area contributed by atoms with Crippen LogP contribution in [0.5, 0.6) is 5.75 Å². The number of para-hydroxylation sites is 1. The van der Waals surface area contributed by atoms with E-state index in [-0.39, 0.29) is 19.8 Å². The van der Waals surface area contributed by atoms with Crippen LogP contribution in [0.4, 0.5) is 0 Å². The highest BCUT2D eigenvalue weighted by atomic mass is 16.5. The van der Waals surface area contributed by atoms with Crippen LogP contribution in [0.3, 0.4) is 0 Å². The SMILES string of the molecule is CC[C@H](C)c1ccccc1OC[C@@H](O)CN(CCO)CCO. The molecule has 0 bridgehead atoms. The van der Waals surface area contributed by atoms with E-state index in [9.17, 15) is 5.11 Å². The van der Waals surface area contributed by atoms with Gasteiger partial charge in [-0.25, -0.2) is 0 Å². The lowest BCUT2D eigenvalue weighted by molar-refractivity contribution is 0.0549. The molecule has 5 heteroatoms. The van der Waals surface area contributed by atoms with Gasteiger partial charge in [-0.3, -0.25) is 4.90 Å². The predicted octanol–water partition coefficient (Wildman–Crippen LogP) is 1.23. The van der Waals surface area contributed by atoms with Crippen molar-refractivity contribution in [3.8, 4) is 5.75 Å². The van der Waals surface area contributed by atoms with Crippen molar-refractivity contribution in [3.05, 3.63) is 29.8 Å². The molecule has 1 rings (SSSR count). The molecular formula is C17H29NO4. The number of nitrogens with zero attached hydrogens (tertiary/aromatic N) is 1. The molecule has 0 aliphatic rings. The van der Waals surface area contributed by atoms with Crippen LogP contribution >= 0.6 is 0 Å². The lowest BCUT2D eigenvalue weighted by atomic mass is 9.98. The lowest BCUT2D eigenvalue weighted by Gasteiger charge is -2.24. The van der Waals surface area contributed by atoms with Gasteiger partial charge in [0.1, 0.15) is 18.5 Å². The first-order valence-electron chi connectivity index (χ1n) is 7.96. The first-order chi connectivity index (χ1) is 10.6. The number of rotatable bonds is 11. The summed E-state index contributed by atoms with van der Waals surface area (Å²) in [6.07, 6.45) is 0.368. The fraction of sp³-hybridized carbons (Fsp3) is 0.647. The van der Waals surface area contributed by atoms with E-state index < -0.39 is 6.10 Å². The lowest BCUT2D eigenvalue weighted by Crippen LogP contribution is -2.38. The van der Waals surface area contributed by atoms with Crippen LogP contribution in [0.15, 0.2) is 24.3 Å². The minimum atomic E-state index is -0.664. The molecular weight excluding hydrogens is 282 g/mol. The second-order valence-electron chi connectivity index (χ2n) is 5.56. The van der Waals surface area contributed by atoms with Crippen LogP contribution in [0.1, 0.15) is 31.7 Å². The zero-order valence-electron chi connectivity index (χ0n) is 13.6. The topological polar surface area (TPSA) is 73.2 Å². The van der Waals surface area contributed by atoms with Gasteiger partial charge >= 0.3 is 0 Å². The van der Waals surface area contributed by atoms with E-state index in [0.717, 1.165) is 17.7 Å². The molecule has 0 unspecified atom stereocenters. The maximum absolute atomic E-state index is 10.1. The molecule has 0 aromatic heterocycles. The summed E-state index contributed by atoms with van der Waals surface area (Å²) < 4.78 is 5.78. The molecule has 0 spiro atoms. The standard InChI is InChI=1S/C17H29NO4/c1-3-14(2)16-6-4-5-7-17(16)22-13-15(21)12-18(8-10-19)9-11-20/h4-7,14-15,19-21H,3,8-13H2,1-2H3/t14-,15-/m0/s1. The minimum absolute atomic E-state index is 0.00439. The van der Waals surface area contributed by atoms with Crippen LogP contribution in [-0.4, -0.2) is 65.8 Å². The van der Waals surface area contributed by atoms with Gasteiger partial charge in [0.2, 0.25) is 0 Å². The van der Waals surface area contributed by atoms with E-state index in [1.165, 1.54) is 0 Å². The third-order valence-corrected chi connectivity index (χ3v) is 3.79. The Kier molecular flexibility index (Phi) is 9.08. The van der Waals surface area contributed by atoms with Crippen LogP contribution < -0.4 is 4.74 Å². The first kappa shape index (κ1) is 18.9. The molecule has 5 nitrogen and oxygen atoms in total. The Bertz CT molecular complexity index is 407. The van der Waals surface area contributed by atoms with Gasteiger partial charge in [-0.15, -0.1) is 0 Å². The van der Waals surface area contributed by atoms with E-state index >= 15 is 0 Å². The maximum atomic E-state index is 10.1. The highest BCUT2D eigenvalue weighted by Gasteiger charge is 2.14. The maximum Gasteiger partial charge on any atom is 0.122 e. The zero-order valence-corrected chi connectivity index (χ0v) is 13.6. The Labute approximate surface area is 133 Å². The van der Waals surface area contributed by atoms with Crippen molar-refractivity contribution in [2.75, 3.05) is 39.5 Å². The Morgan fingerprint density at radius 3 is 2.36 bits per heavy atom. The molecule has 0 aliphatic heterocycles. The molecule has 0 aliphatic carbocycles. The molecule has 1 aromatic carbocycles. The molecule has 0 fully saturated rings. The average Bonchev–Trinajstić information content (AvgIpc) is 2.53. The number of aliphatic hydroxyl groups excluding tert-OH is 3. The van der Waals surface area contributed by atoms with Crippen molar-refractivity contribution < 1.29 is 20.1 Å². The van der Waals surface area contributed by atoms with Gasteiger partial charge in [-0.05, 0) is 24.0 Å². The third-order valence-electron chi connectivity index (χ3n) is 3.79. The number of ether oxygens (including phenoxy) is 1. The fourth-order valence-electron chi connectivity index (χ4n) is 2.35. The highest BCUT2D eigenvalue weighted by molar-refractivity contribution is 5.35. The Morgan fingerprint density at radius 2 is 1.77 bits per heavy atom. The molecule has 22 heavy (non-hydrogen) atoms. The second kappa shape index (κ2) is 10.6. The number of hydrogen-bond acceptors (Lipinski definition) is 5. The molecule has 0 heterocycles. The second-order valence-corrected chi connectivity index (χ2v) is 5.56. The summed E-state index contributed by atoms with van der Waals surface area (Å²) in [5.74, 6) is 1.22. The Balaban J connectivity index is 2.54. The van der Waals surface area contributed by atoms with Gasteiger partial charge in [0.05, 0.1) is 13.2 Å². The van der Waals surface area contributed by atoms with Crippen LogP contribution in [0, 0.1) is 0 Å². The summed E-state index contributed by atoms with van der Waals surface area (Å²) in [7, 11) is 0. The molecule has 3 N–H and O–H groups in total. The van der Waals surface area contributed by atoms with Crippen molar-refractivity contribution in [1.29, 1.82) is 0 Å². The van der Waals surface area contributed by atoms with Crippen molar-refractivity contribution in [1.82, 2.24) is 4.90 Å². The van der Waals surface area contributed by atoms with E-state index in [1.54, 1.807) is 0 Å². The first-order valence-corrected chi connectivity index (χ1v) is 7.96. The van der Waals surface area contributed by atoms with Crippen LogP contribution in [-0.2, 0) is 0 Å².